The van der Waals surface area contributed by atoms with E-state index in [1.54, 1.807) is 0 Å². The van der Waals surface area contributed by atoms with Crippen LogP contribution in [0.4, 0.5) is 11.4 Å². The summed E-state index contributed by atoms with van der Waals surface area (Å²) < 4.78 is 0. The number of thiocarbonyl (C=S) groups is 1. The van der Waals surface area contributed by atoms with Crippen LogP contribution in [0.15, 0.2) is 48.5 Å². The van der Waals surface area contributed by atoms with Crippen LogP contribution in [0.25, 0.3) is 0 Å². The first-order valence-electron chi connectivity index (χ1n) is 8.58. The number of hydrogen-bond acceptors (Lipinski definition) is 2. The van der Waals surface area contributed by atoms with Crippen LogP contribution < -0.4 is 10.2 Å². The topological polar surface area (TPSA) is 18.5 Å². The second-order valence-corrected chi connectivity index (χ2v) is 7.34. The molecule has 0 amide bonds. The Morgan fingerprint density at radius 3 is 2.75 bits per heavy atom. The smallest absolute Gasteiger partial charge is 0.178 e. The van der Waals surface area contributed by atoms with Crippen molar-refractivity contribution >= 4 is 28.7 Å². The number of nitrogens with one attached hydrogen (secondary N) is 1. The minimum Gasteiger partial charge on any atom is -0.332 e. The van der Waals surface area contributed by atoms with Crippen molar-refractivity contribution in [1.82, 2.24) is 4.90 Å². The molecule has 2 heterocycles. The first-order valence-corrected chi connectivity index (χ1v) is 8.98. The lowest BCUT2D eigenvalue weighted by atomic mass is 9.89. The van der Waals surface area contributed by atoms with Gasteiger partial charge in [0.15, 0.2) is 5.11 Å². The highest BCUT2D eigenvalue weighted by molar-refractivity contribution is 7.80. The van der Waals surface area contributed by atoms with Gasteiger partial charge >= 0.3 is 0 Å². The van der Waals surface area contributed by atoms with Gasteiger partial charge in [-0.25, -0.2) is 0 Å². The first kappa shape index (κ1) is 15.6. The maximum absolute atomic E-state index is 5.80. The molecule has 2 atom stereocenters. The minimum atomic E-state index is 0.460. The Bertz CT molecular complexity index is 759. The molecule has 2 aliphatic heterocycles. The maximum Gasteiger partial charge on any atom is 0.178 e. The number of hydrogen-bond donors (Lipinski definition) is 1. The van der Waals surface area contributed by atoms with Crippen molar-refractivity contribution in [2.45, 2.75) is 25.3 Å². The van der Waals surface area contributed by atoms with Crippen LogP contribution >= 0.6 is 12.2 Å². The summed E-state index contributed by atoms with van der Waals surface area (Å²) in [6, 6.07) is 17.4. The summed E-state index contributed by atoms with van der Waals surface area (Å²) in [6.07, 6.45) is 1.14. The highest BCUT2D eigenvalue weighted by Gasteiger charge is 2.42. The molecule has 0 aromatic heterocycles. The standard InChI is InChI=1S/C20H23N3S/c1-14-8-9-18-16(12-14)17-13-22(2)11-10-19(17)23(18)20(24)21-15-6-4-3-5-7-15/h3-9,12,17,19H,10-11,13H2,1-2H3,(H,21,24)/t17-,19+/m1/s1. The van der Waals surface area contributed by atoms with E-state index in [0.29, 0.717) is 12.0 Å². The summed E-state index contributed by atoms with van der Waals surface area (Å²) in [5.41, 5.74) is 5.10. The van der Waals surface area contributed by atoms with Gasteiger partial charge in [0.1, 0.15) is 0 Å². The van der Waals surface area contributed by atoms with E-state index in [1.165, 1.54) is 16.8 Å². The summed E-state index contributed by atoms with van der Waals surface area (Å²) in [5.74, 6) is 0.536. The fourth-order valence-corrected chi connectivity index (χ4v) is 4.40. The van der Waals surface area contributed by atoms with Crippen molar-refractivity contribution in [3.63, 3.8) is 0 Å². The minimum absolute atomic E-state index is 0.460. The van der Waals surface area contributed by atoms with Crippen LogP contribution in [0.5, 0.6) is 0 Å². The zero-order valence-electron chi connectivity index (χ0n) is 14.2. The van der Waals surface area contributed by atoms with E-state index in [9.17, 15) is 0 Å². The molecule has 4 rings (SSSR count). The number of anilines is 2. The van der Waals surface area contributed by atoms with Crippen LogP contribution in [-0.4, -0.2) is 36.2 Å². The van der Waals surface area contributed by atoms with Crippen LogP contribution in [0, 0.1) is 6.92 Å². The number of piperidine rings is 1. The Labute approximate surface area is 149 Å². The van der Waals surface area contributed by atoms with Crippen LogP contribution in [0.1, 0.15) is 23.5 Å². The Kier molecular flexibility index (Phi) is 4.02. The molecule has 0 radical (unpaired) electrons. The molecular formula is C20H23N3S. The number of rotatable bonds is 1. The van der Waals surface area contributed by atoms with Gasteiger partial charge in [-0.1, -0.05) is 35.9 Å². The molecule has 1 saturated heterocycles. The number of nitrogens with zero attached hydrogens (tertiary/aromatic N) is 2. The summed E-state index contributed by atoms with van der Waals surface area (Å²) in [4.78, 5) is 4.79. The predicted octanol–water partition coefficient (Wildman–Crippen LogP) is 4.00. The highest BCUT2D eigenvalue weighted by Crippen LogP contribution is 2.45. The van der Waals surface area contributed by atoms with Crippen molar-refractivity contribution in [3.8, 4) is 0 Å². The van der Waals surface area contributed by atoms with Gasteiger partial charge in [-0.2, -0.15) is 0 Å². The Morgan fingerprint density at radius 2 is 1.96 bits per heavy atom. The maximum atomic E-state index is 5.80. The molecule has 0 unspecified atom stereocenters. The van der Waals surface area contributed by atoms with Gasteiger partial charge in [-0.3, -0.25) is 0 Å². The SMILES string of the molecule is Cc1ccc2c(c1)[C@H]1CN(C)CC[C@@H]1N2C(=S)Nc1ccccc1. The summed E-state index contributed by atoms with van der Waals surface area (Å²) in [6.45, 7) is 4.40. The van der Waals surface area contributed by atoms with E-state index in [-0.39, 0.29) is 0 Å². The lowest BCUT2D eigenvalue weighted by molar-refractivity contribution is 0.237. The Hall–Kier alpha value is -1.91. The molecule has 4 heteroatoms. The molecule has 3 nitrogen and oxygen atoms in total. The number of likely N-dealkylation sites (tertiary alicyclic amines) is 1. The Balaban J connectivity index is 1.68. The van der Waals surface area contributed by atoms with Crippen LogP contribution in [0.2, 0.25) is 0 Å². The zero-order chi connectivity index (χ0) is 16.7. The largest absolute Gasteiger partial charge is 0.332 e. The Morgan fingerprint density at radius 1 is 1.17 bits per heavy atom. The van der Waals surface area contributed by atoms with Crippen molar-refractivity contribution < 1.29 is 0 Å². The molecule has 2 aromatic carbocycles. The normalized spacial score (nSPS) is 22.8. The van der Waals surface area contributed by atoms with Crippen LogP contribution in [0.3, 0.4) is 0 Å². The van der Waals surface area contributed by atoms with Gasteiger partial charge in [0, 0.05) is 29.9 Å². The van der Waals surface area contributed by atoms with Gasteiger partial charge in [0.25, 0.3) is 0 Å². The van der Waals surface area contributed by atoms with E-state index >= 15 is 0 Å². The average molecular weight is 337 g/mol. The van der Waals surface area contributed by atoms with Gasteiger partial charge < -0.3 is 15.1 Å². The third kappa shape index (κ3) is 2.70. The number of para-hydroxylation sites is 1. The fourth-order valence-electron chi connectivity index (χ4n) is 4.05. The van der Waals surface area contributed by atoms with E-state index in [2.05, 4.69) is 59.4 Å². The van der Waals surface area contributed by atoms with Gasteiger partial charge in [-0.15, -0.1) is 0 Å². The number of aryl methyl sites for hydroxylation is 1. The van der Waals surface area contributed by atoms with Gasteiger partial charge in [0.2, 0.25) is 0 Å². The number of benzene rings is 2. The predicted molar refractivity (Wildman–Crippen MR) is 105 cm³/mol. The molecule has 2 aliphatic rings. The number of fused-ring (bicyclic) bond motifs is 3. The molecule has 0 saturated carbocycles. The second-order valence-electron chi connectivity index (χ2n) is 6.95. The van der Waals surface area contributed by atoms with E-state index in [4.69, 9.17) is 12.2 Å². The van der Waals surface area contributed by atoms with Crippen molar-refractivity contribution in [2.75, 3.05) is 30.4 Å². The van der Waals surface area contributed by atoms with Crippen molar-refractivity contribution in [3.05, 3.63) is 59.7 Å². The summed E-state index contributed by atoms with van der Waals surface area (Å²) in [5, 5.41) is 4.24. The highest BCUT2D eigenvalue weighted by atomic mass is 32.1. The average Bonchev–Trinajstić information content (AvgIpc) is 2.89. The van der Waals surface area contributed by atoms with E-state index in [1.807, 2.05) is 18.2 Å². The molecule has 0 bridgehead atoms. The first-order chi connectivity index (χ1) is 11.6. The quantitative estimate of drug-likeness (QED) is 0.793. The van der Waals surface area contributed by atoms with E-state index in [0.717, 1.165) is 30.3 Å². The number of likely N-dealkylation sites (N-methyl/N-ethyl adjacent to an activating group) is 1. The molecule has 0 aliphatic carbocycles. The molecule has 1 fully saturated rings. The molecule has 24 heavy (non-hydrogen) atoms. The molecule has 124 valence electrons. The lowest BCUT2D eigenvalue weighted by Crippen LogP contribution is -2.48. The second kappa shape index (κ2) is 6.19. The summed E-state index contributed by atoms with van der Waals surface area (Å²) >= 11 is 5.80. The lowest BCUT2D eigenvalue weighted by Gasteiger charge is -2.37. The molecule has 2 aromatic rings. The van der Waals surface area contributed by atoms with Crippen molar-refractivity contribution in [2.24, 2.45) is 0 Å². The third-order valence-corrected chi connectivity index (χ3v) is 5.50. The third-order valence-electron chi connectivity index (χ3n) is 5.20. The van der Waals surface area contributed by atoms with Crippen molar-refractivity contribution in [1.29, 1.82) is 0 Å². The summed E-state index contributed by atoms with van der Waals surface area (Å²) in [7, 11) is 2.22. The molecule has 1 N–H and O–H groups in total. The molecular weight excluding hydrogens is 314 g/mol. The fraction of sp³-hybridized carbons (Fsp3) is 0.350. The molecule has 0 spiro atoms. The van der Waals surface area contributed by atoms with E-state index < -0.39 is 0 Å². The zero-order valence-corrected chi connectivity index (χ0v) is 15.0. The van der Waals surface area contributed by atoms with Gasteiger partial charge in [0.05, 0.1) is 0 Å². The van der Waals surface area contributed by atoms with Crippen LogP contribution in [-0.2, 0) is 0 Å². The monoisotopic (exact) mass is 337 g/mol. The van der Waals surface area contributed by atoms with Gasteiger partial charge in [-0.05, 0) is 62.9 Å².